The predicted octanol–water partition coefficient (Wildman–Crippen LogP) is 2.14. The number of rotatable bonds is 10. The number of nitrogens with zero attached hydrogens (tertiary/aromatic N) is 4. The predicted molar refractivity (Wildman–Crippen MR) is 88.4 cm³/mol. The maximum absolute atomic E-state index is 9.23. The minimum atomic E-state index is 0.113. The zero-order valence-corrected chi connectivity index (χ0v) is 13.4. The largest absolute Gasteiger partial charge is 0.482 e. The van der Waals surface area contributed by atoms with Crippen molar-refractivity contribution in [2.24, 2.45) is 10.2 Å². The van der Waals surface area contributed by atoms with E-state index in [0.29, 0.717) is 31.1 Å². The normalized spacial score (nSPS) is 14.6. The Hall–Kier alpha value is -2.22. The zero-order valence-electron chi connectivity index (χ0n) is 13.4. The van der Waals surface area contributed by atoms with Gasteiger partial charge in [0.05, 0.1) is 18.4 Å². The highest BCUT2D eigenvalue weighted by Crippen LogP contribution is 2.25. The van der Waals surface area contributed by atoms with Crippen molar-refractivity contribution in [1.82, 2.24) is 9.97 Å². The molecule has 0 saturated carbocycles. The van der Waals surface area contributed by atoms with E-state index in [1.54, 1.807) is 6.20 Å². The number of aliphatic hydroxyl groups excluding tert-OH is 1. The molecule has 0 fully saturated rings. The Morgan fingerprint density at radius 1 is 1.43 bits per heavy atom. The van der Waals surface area contributed by atoms with E-state index >= 15 is 0 Å². The summed E-state index contributed by atoms with van der Waals surface area (Å²) in [5.74, 6) is 1.24. The Balaban J connectivity index is 2.05. The molecule has 1 aromatic rings. The van der Waals surface area contributed by atoms with Gasteiger partial charge < -0.3 is 20.9 Å². The highest BCUT2D eigenvalue weighted by molar-refractivity contribution is 5.52. The van der Waals surface area contributed by atoms with Crippen LogP contribution in [0.3, 0.4) is 0 Å². The molecule has 0 amide bonds. The standard InChI is InChI=1S/C15H24N6O2/c1-2-3-4-11(6-8-22)19-14-13(9-17-15(16)20-14)23-10-12-5-7-18-21-12/h5,9,11,22H,2-4,6-8,10H2,1H3,(H3,16,17,19,20)/t11-/m0/s1. The molecule has 0 aliphatic carbocycles. The van der Waals surface area contributed by atoms with Gasteiger partial charge in [0.25, 0.3) is 0 Å². The first-order chi connectivity index (χ1) is 11.2. The van der Waals surface area contributed by atoms with Gasteiger partial charge in [-0.3, -0.25) is 0 Å². The second-order valence-electron chi connectivity index (χ2n) is 5.34. The fourth-order valence-corrected chi connectivity index (χ4v) is 2.24. The number of azo groups is 1. The first-order valence-corrected chi connectivity index (χ1v) is 7.92. The van der Waals surface area contributed by atoms with Crippen LogP contribution in [0.15, 0.2) is 28.2 Å². The Morgan fingerprint density at radius 3 is 3.00 bits per heavy atom. The second kappa shape index (κ2) is 9.04. The molecule has 0 aromatic carbocycles. The van der Waals surface area contributed by atoms with Gasteiger partial charge in [0.2, 0.25) is 5.95 Å². The molecule has 23 heavy (non-hydrogen) atoms. The van der Waals surface area contributed by atoms with Crippen LogP contribution in [-0.4, -0.2) is 40.9 Å². The number of aromatic nitrogens is 2. The third-order valence-corrected chi connectivity index (χ3v) is 3.48. The molecule has 8 heteroatoms. The maximum atomic E-state index is 9.23. The summed E-state index contributed by atoms with van der Waals surface area (Å²) in [7, 11) is 0. The molecule has 0 unspecified atom stereocenters. The Morgan fingerprint density at radius 2 is 2.30 bits per heavy atom. The smallest absolute Gasteiger partial charge is 0.222 e. The molecule has 2 rings (SSSR count). The van der Waals surface area contributed by atoms with Crippen molar-refractivity contribution in [1.29, 1.82) is 0 Å². The van der Waals surface area contributed by atoms with Gasteiger partial charge in [-0.2, -0.15) is 15.2 Å². The molecule has 126 valence electrons. The Bertz CT molecular complexity index is 561. The van der Waals surface area contributed by atoms with Crippen LogP contribution in [0, 0.1) is 0 Å². The molecule has 1 aliphatic heterocycles. The van der Waals surface area contributed by atoms with E-state index in [2.05, 4.69) is 32.4 Å². The maximum Gasteiger partial charge on any atom is 0.222 e. The number of aliphatic hydroxyl groups is 1. The van der Waals surface area contributed by atoms with Crippen LogP contribution in [-0.2, 0) is 0 Å². The second-order valence-corrected chi connectivity index (χ2v) is 5.34. The highest BCUT2D eigenvalue weighted by atomic mass is 16.5. The van der Waals surface area contributed by atoms with E-state index in [9.17, 15) is 5.11 Å². The van der Waals surface area contributed by atoms with Crippen LogP contribution in [0.25, 0.3) is 0 Å². The number of anilines is 2. The molecule has 0 saturated heterocycles. The fraction of sp³-hybridized carbons (Fsp3) is 0.600. The molecule has 0 bridgehead atoms. The lowest BCUT2D eigenvalue weighted by atomic mass is 10.1. The number of ether oxygens (including phenoxy) is 1. The molecule has 1 aliphatic rings. The van der Waals surface area contributed by atoms with Gasteiger partial charge in [-0.15, -0.1) is 0 Å². The molecule has 4 N–H and O–H groups in total. The van der Waals surface area contributed by atoms with E-state index < -0.39 is 0 Å². The van der Waals surface area contributed by atoms with Crippen LogP contribution < -0.4 is 15.8 Å². The summed E-state index contributed by atoms with van der Waals surface area (Å²) >= 11 is 0. The molecule has 2 heterocycles. The van der Waals surface area contributed by atoms with E-state index in [0.717, 1.165) is 25.0 Å². The molecule has 0 spiro atoms. The van der Waals surface area contributed by atoms with E-state index in [4.69, 9.17) is 10.5 Å². The van der Waals surface area contributed by atoms with Gasteiger partial charge in [0.1, 0.15) is 6.61 Å². The molecular weight excluding hydrogens is 296 g/mol. The van der Waals surface area contributed by atoms with Gasteiger partial charge in [-0.25, -0.2) is 4.98 Å². The van der Waals surface area contributed by atoms with Gasteiger partial charge in [0.15, 0.2) is 11.6 Å². The molecule has 8 nitrogen and oxygen atoms in total. The van der Waals surface area contributed by atoms with Crippen LogP contribution in [0.2, 0.25) is 0 Å². The number of nitrogens with one attached hydrogen (secondary N) is 1. The lowest BCUT2D eigenvalue weighted by Crippen LogP contribution is -2.22. The topological polar surface area (TPSA) is 118 Å². The number of hydrogen-bond acceptors (Lipinski definition) is 8. The van der Waals surface area contributed by atoms with Crippen LogP contribution in [0.4, 0.5) is 11.8 Å². The SMILES string of the molecule is CCCC[C@@H](CCO)Nc1nc(N)ncc1OCC1=CCN=N1. The van der Waals surface area contributed by atoms with Crippen LogP contribution in [0.5, 0.6) is 5.75 Å². The molecule has 1 atom stereocenters. The summed E-state index contributed by atoms with van der Waals surface area (Å²) < 4.78 is 5.73. The van der Waals surface area contributed by atoms with Gasteiger partial charge in [-0.1, -0.05) is 19.8 Å². The summed E-state index contributed by atoms with van der Waals surface area (Å²) in [6, 6.07) is 0.113. The first kappa shape index (κ1) is 17.1. The van der Waals surface area contributed by atoms with Crippen molar-refractivity contribution in [2.45, 2.75) is 38.6 Å². The zero-order chi connectivity index (χ0) is 16.5. The number of nitrogen functional groups attached to an aromatic ring is 1. The lowest BCUT2D eigenvalue weighted by Gasteiger charge is -2.20. The van der Waals surface area contributed by atoms with Crippen molar-refractivity contribution >= 4 is 11.8 Å². The highest BCUT2D eigenvalue weighted by Gasteiger charge is 2.14. The first-order valence-electron chi connectivity index (χ1n) is 7.92. The van der Waals surface area contributed by atoms with Gasteiger partial charge >= 0.3 is 0 Å². The van der Waals surface area contributed by atoms with Crippen molar-refractivity contribution in [3.05, 3.63) is 18.0 Å². The summed E-state index contributed by atoms with van der Waals surface area (Å²) in [4.78, 5) is 8.20. The summed E-state index contributed by atoms with van der Waals surface area (Å²) in [6.07, 6.45) is 7.20. The third kappa shape index (κ3) is 5.48. The summed E-state index contributed by atoms with van der Waals surface area (Å²) in [5.41, 5.74) is 6.47. The van der Waals surface area contributed by atoms with Crippen LogP contribution >= 0.6 is 0 Å². The Kier molecular flexibility index (Phi) is 6.74. The van der Waals surface area contributed by atoms with Crippen molar-refractivity contribution in [2.75, 3.05) is 30.8 Å². The minimum Gasteiger partial charge on any atom is -0.482 e. The fourth-order valence-electron chi connectivity index (χ4n) is 2.24. The van der Waals surface area contributed by atoms with E-state index in [1.807, 2.05) is 6.08 Å². The third-order valence-electron chi connectivity index (χ3n) is 3.48. The average molecular weight is 320 g/mol. The Labute approximate surface area is 135 Å². The van der Waals surface area contributed by atoms with Crippen molar-refractivity contribution in [3.63, 3.8) is 0 Å². The summed E-state index contributed by atoms with van der Waals surface area (Å²) in [5, 5.41) is 20.4. The van der Waals surface area contributed by atoms with Crippen LogP contribution in [0.1, 0.15) is 32.6 Å². The number of nitrogens with two attached hydrogens (primary N) is 1. The summed E-state index contributed by atoms with van der Waals surface area (Å²) in [6.45, 7) is 3.16. The van der Waals surface area contributed by atoms with Gasteiger partial charge in [0, 0.05) is 12.6 Å². The van der Waals surface area contributed by atoms with Gasteiger partial charge in [-0.05, 0) is 18.9 Å². The van der Waals surface area contributed by atoms with Crippen molar-refractivity contribution < 1.29 is 9.84 Å². The number of unbranched alkanes of at least 4 members (excludes halogenated alkanes) is 1. The molecular formula is C15H24N6O2. The molecule has 1 aromatic heterocycles. The average Bonchev–Trinajstić information content (AvgIpc) is 3.05. The van der Waals surface area contributed by atoms with Crippen molar-refractivity contribution in [3.8, 4) is 5.75 Å². The molecule has 0 radical (unpaired) electrons. The number of hydrogen-bond donors (Lipinski definition) is 3. The minimum absolute atomic E-state index is 0.113. The monoisotopic (exact) mass is 320 g/mol. The van der Waals surface area contributed by atoms with E-state index in [1.165, 1.54) is 0 Å². The quantitative estimate of drug-likeness (QED) is 0.608. The lowest BCUT2D eigenvalue weighted by molar-refractivity contribution is 0.275. The van der Waals surface area contributed by atoms with E-state index in [-0.39, 0.29) is 18.6 Å².